The average molecular weight is 258 g/mol. The molecule has 3 rings (SSSR count). The molecule has 1 saturated heterocycles. The summed E-state index contributed by atoms with van der Waals surface area (Å²) in [5.41, 5.74) is 3.39. The topological polar surface area (TPSA) is 15.3 Å². The smallest absolute Gasteiger partial charge is 0.0399 e. The molecule has 0 radical (unpaired) electrons. The second-order valence-electron chi connectivity index (χ2n) is 6.17. The Hall–Kier alpha value is -1.02. The minimum Gasteiger partial charge on any atom is -0.369 e. The predicted molar refractivity (Wildman–Crippen MR) is 81.9 cm³/mol. The molecule has 1 atom stereocenters. The van der Waals surface area contributed by atoms with E-state index in [0.717, 1.165) is 0 Å². The third-order valence-electron chi connectivity index (χ3n) is 4.96. The van der Waals surface area contributed by atoms with Crippen LogP contribution in [0.4, 0.5) is 5.69 Å². The highest BCUT2D eigenvalue weighted by Crippen LogP contribution is 2.31. The van der Waals surface area contributed by atoms with E-state index in [1.54, 1.807) is 5.56 Å². The lowest BCUT2D eigenvalue weighted by molar-refractivity contribution is 0.361. The summed E-state index contributed by atoms with van der Waals surface area (Å²) in [6.07, 6.45) is 7.82. The zero-order chi connectivity index (χ0) is 13.1. The van der Waals surface area contributed by atoms with Crippen molar-refractivity contribution in [3.8, 4) is 0 Å². The molecule has 0 amide bonds. The van der Waals surface area contributed by atoms with Gasteiger partial charge in [0.05, 0.1) is 0 Å². The minimum atomic E-state index is 0.359. The lowest BCUT2D eigenvalue weighted by atomic mass is 9.93. The third-order valence-corrected chi connectivity index (χ3v) is 4.96. The second-order valence-corrected chi connectivity index (χ2v) is 6.17. The number of aryl methyl sites for hydroxylation is 1. The number of para-hydroxylation sites is 1. The highest BCUT2D eigenvalue weighted by molar-refractivity contribution is 5.54. The second kappa shape index (κ2) is 5.54. The maximum Gasteiger partial charge on any atom is 0.0399 e. The zero-order valence-corrected chi connectivity index (χ0v) is 12.1. The summed E-state index contributed by atoms with van der Waals surface area (Å²) in [5.74, 6) is 0. The average Bonchev–Trinajstić information content (AvgIpc) is 2.83. The monoisotopic (exact) mass is 258 g/mol. The van der Waals surface area contributed by atoms with E-state index in [4.69, 9.17) is 0 Å². The number of hydrogen-bond donors (Lipinski definition) is 1. The van der Waals surface area contributed by atoms with Gasteiger partial charge >= 0.3 is 0 Å². The van der Waals surface area contributed by atoms with Crippen LogP contribution in [0.15, 0.2) is 24.3 Å². The molecule has 2 aliphatic rings. The van der Waals surface area contributed by atoms with Gasteiger partial charge in [-0.15, -0.1) is 0 Å². The maximum atomic E-state index is 3.78. The molecular formula is C17H26N2. The van der Waals surface area contributed by atoms with E-state index in [0.29, 0.717) is 5.54 Å². The summed E-state index contributed by atoms with van der Waals surface area (Å²) in [5, 5.41) is 3.78. The lowest BCUT2D eigenvalue weighted by Gasteiger charge is -2.36. The molecule has 0 spiro atoms. The highest BCUT2D eigenvalue weighted by Gasteiger charge is 2.34. The fraction of sp³-hybridized carbons (Fsp3) is 0.647. The fourth-order valence-corrected chi connectivity index (χ4v) is 3.72. The van der Waals surface area contributed by atoms with Gasteiger partial charge in [-0.1, -0.05) is 25.1 Å². The Balaban J connectivity index is 1.84. The lowest BCUT2D eigenvalue weighted by Crippen LogP contribution is -2.49. The van der Waals surface area contributed by atoms with E-state index < -0.39 is 0 Å². The number of nitrogens with one attached hydrogen (secondary N) is 1. The van der Waals surface area contributed by atoms with Crippen molar-refractivity contribution < 1.29 is 0 Å². The summed E-state index contributed by atoms with van der Waals surface area (Å²) >= 11 is 0. The molecular weight excluding hydrogens is 232 g/mol. The van der Waals surface area contributed by atoms with Gasteiger partial charge in [-0.25, -0.2) is 0 Å². The van der Waals surface area contributed by atoms with Gasteiger partial charge in [-0.3, -0.25) is 0 Å². The van der Waals surface area contributed by atoms with Gasteiger partial charge in [0, 0.05) is 24.3 Å². The molecule has 1 unspecified atom stereocenters. The van der Waals surface area contributed by atoms with Crippen LogP contribution in [0, 0.1) is 0 Å². The first kappa shape index (κ1) is 13.0. The molecule has 0 saturated carbocycles. The molecule has 19 heavy (non-hydrogen) atoms. The van der Waals surface area contributed by atoms with E-state index in [1.807, 2.05) is 0 Å². The van der Waals surface area contributed by atoms with Crippen LogP contribution in [0.1, 0.15) is 44.6 Å². The molecule has 2 heteroatoms. The van der Waals surface area contributed by atoms with Crippen molar-refractivity contribution in [2.45, 2.75) is 51.0 Å². The molecule has 1 N–H and O–H groups in total. The first-order chi connectivity index (χ1) is 9.33. The predicted octanol–water partition coefficient (Wildman–Crippen LogP) is 3.36. The van der Waals surface area contributed by atoms with E-state index in [9.17, 15) is 0 Å². The Morgan fingerprint density at radius 1 is 1.21 bits per heavy atom. The zero-order valence-electron chi connectivity index (χ0n) is 12.1. The number of fused-ring (bicyclic) bond motifs is 1. The number of nitrogens with zero attached hydrogens (tertiary/aromatic N) is 1. The van der Waals surface area contributed by atoms with Gasteiger partial charge in [0.1, 0.15) is 0 Å². The quantitative estimate of drug-likeness (QED) is 0.894. The number of benzene rings is 1. The molecule has 0 bridgehead atoms. The van der Waals surface area contributed by atoms with Crippen molar-refractivity contribution in [3.63, 3.8) is 0 Å². The highest BCUT2D eigenvalue weighted by atomic mass is 15.2. The van der Waals surface area contributed by atoms with Crippen molar-refractivity contribution >= 4 is 5.69 Å². The van der Waals surface area contributed by atoms with Crippen LogP contribution in [-0.2, 0) is 6.42 Å². The summed E-state index contributed by atoms with van der Waals surface area (Å²) < 4.78 is 0. The molecule has 104 valence electrons. The number of anilines is 1. The molecule has 0 aromatic heterocycles. The van der Waals surface area contributed by atoms with Gasteiger partial charge in [0.2, 0.25) is 0 Å². The van der Waals surface area contributed by atoms with Gasteiger partial charge in [0.25, 0.3) is 0 Å². The Kier molecular flexibility index (Phi) is 3.79. The van der Waals surface area contributed by atoms with Crippen LogP contribution in [-0.4, -0.2) is 25.2 Å². The Morgan fingerprint density at radius 2 is 2.11 bits per heavy atom. The Morgan fingerprint density at radius 3 is 2.89 bits per heavy atom. The molecule has 2 aliphatic heterocycles. The standard InChI is InChI=1S/C17H26N2/c1-2-17(11-7-12-18-17)14-19-13-6-5-9-15-8-3-4-10-16(15)19/h3-4,8,10,18H,2,5-7,9,11-14H2,1H3. The van der Waals surface area contributed by atoms with Crippen molar-refractivity contribution in [3.05, 3.63) is 29.8 Å². The van der Waals surface area contributed by atoms with Gasteiger partial charge in [0.15, 0.2) is 0 Å². The van der Waals surface area contributed by atoms with E-state index in [1.165, 1.54) is 63.8 Å². The SMILES string of the molecule is CCC1(CN2CCCCc3ccccc32)CCCN1. The van der Waals surface area contributed by atoms with Gasteiger partial charge < -0.3 is 10.2 Å². The van der Waals surface area contributed by atoms with Crippen molar-refractivity contribution in [1.82, 2.24) is 5.32 Å². The van der Waals surface area contributed by atoms with Crippen LogP contribution < -0.4 is 10.2 Å². The largest absolute Gasteiger partial charge is 0.369 e. The van der Waals surface area contributed by atoms with Crippen LogP contribution in [0.2, 0.25) is 0 Å². The summed E-state index contributed by atoms with van der Waals surface area (Å²) in [7, 11) is 0. The molecule has 2 heterocycles. The van der Waals surface area contributed by atoms with Crippen LogP contribution in [0.25, 0.3) is 0 Å². The first-order valence-electron chi connectivity index (χ1n) is 7.91. The molecule has 1 aromatic carbocycles. The third kappa shape index (κ3) is 2.64. The van der Waals surface area contributed by atoms with Gasteiger partial charge in [-0.2, -0.15) is 0 Å². The van der Waals surface area contributed by atoms with Crippen LogP contribution >= 0.6 is 0 Å². The molecule has 1 aromatic rings. The molecule has 2 nitrogen and oxygen atoms in total. The number of rotatable bonds is 3. The van der Waals surface area contributed by atoms with Crippen molar-refractivity contribution in [2.24, 2.45) is 0 Å². The van der Waals surface area contributed by atoms with Crippen molar-refractivity contribution in [1.29, 1.82) is 0 Å². The Bertz CT molecular complexity index is 421. The van der Waals surface area contributed by atoms with Gasteiger partial charge in [-0.05, 0) is 56.7 Å². The minimum absolute atomic E-state index is 0.359. The number of hydrogen-bond acceptors (Lipinski definition) is 2. The summed E-state index contributed by atoms with van der Waals surface area (Å²) in [6.45, 7) is 5.94. The van der Waals surface area contributed by atoms with E-state index in [2.05, 4.69) is 41.4 Å². The van der Waals surface area contributed by atoms with E-state index in [-0.39, 0.29) is 0 Å². The van der Waals surface area contributed by atoms with E-state index >= 15 is 0 Å². The summed E-state index contributed by atoms with van der Waals surface area (Å²) in [6, 6.07) is 9.01. The fourth-order valence-electron chi connectivity index (χ4n) is 3.72. The summed E-state index contributed by atoms with van der Waals surface area (Å²) in [4.78, 5) is 2.64. The first-order valence-corrected chi connectivity index (χ1v) is 7.91. The Labute approximate surface area is 117 Å². The van der Waals surface area contributed by atoms with Crippen LogP contribution in [0.5, 0.6) is 0 Å². The van der Waals surface area contributed by atoms with Crippen molar-refractivity contribution in [2.75, 3.05) is 24.5 Å². The normalized spacial score (nSPS) is 27.1. The van der Waals surface area contributed by atoms with Crippen LogP contribution in [0.3, 0.4) is 0 Å². The molecule has 0 aliphatic carbocycles. The molecule has 1 fully saturated rings. The maximum absolute atomic E-state index is 3.78.